The van der Waals surface area contributed by atoms with Crippen LogP contribution < -0.4 is 19.5 Å². The van der Waals surface area contributed by atoms with Crippen LogP contribution >= 0.6 is 11.6 Å². The van der Waals surface area contributed by atoms with Gasteiger partial charge in [0.1, 0.15) is 12.1 Å². The number of aromatic nitrogens is 3. The van der Waals surface area contributed by atoms with Crippen molar-refractivity contribution >= 4 is 17.5 Å². The van der Waals surface area contributed by atoms with E-state index < -0.39 is 0 Å². The van der Waals surface area contributed by atoms with Crippen LogP contribution in [0.15, 0.2) is 42.7 Å². The molecular weight excluding hydrogens is 392 g/mol. The Hall–Kier alpha value is -2.93. The van der Waals surface area contributed by atoms with Crippen molar-refractivity contribution in [2.75, 3.05) is 26.1 Å². The van der Waals surface area contributed by atoms with E-state index in [4.69, 9.17) is 25.8 Å². The molecule has 152 valence electrons. The topological polar surface area (TPSA) is 70.4 Å². The standard InChI is InChI=1S/C21H23ClN4O3/c1-4-29-18-9-8-13(10-15(18)22)16-11-17(26-21(25-16)23-12-24-26)14-6-5-7-19(27-2)20(14)28-3/h5-10,12,16-17H,4,11H2,1-3H3,(H,23,24,25)/t16-,17+/m0/s1. The second-order valence-electron chi connectivity index (χ2n) is 6.68. The van der Waals surface area contributed by atoms with Crippen LogP contribution in [0.4, 0.5) is 5.95 Å². The van der Waals surface area contributed by atoms with Gasteiger partial charge in [-0.1, -0.05) is 29.8 Å². The second-order valence-corrected chi connectivity index (χ2v) is 7.09. The molecule has 4 rings (SSSR count). The Labute approximate surface area is 174 Å². The molecule has 0 saturated heterocycles. The SMILES string of the molecule is CCOc1ccc([C@@H]2C[C@H](c3cccc(OC)c3OC)n3ncnc3N2)cc1Cl. The molecule has 0 saturated carbocycles. The molecule has 1 aliphatic heterocycles. The second kappa shape index (κ2) is 8.21. The van der Waals surface area contributed by atoms with E-state index in [1.807, 2.05) is 48.0 Å². The molecule has 29 heavy (non-hydrogen) atoms. The highest BCUT2D eigenvalue weighted by Gasteiger charge is 2.32. The Balaban J connectivity index is 1.73. The normalized spacial score (nSPS) is 17.9. The van der Waals surface area contributed by atoms with Crippen molar-refractivity contribution in [2.45, 2.75) is 25.4 Å². The quantitative estimate of drug-likeness (QED) is 0.640. The molecule has 2 aromatic carbocycles. The fourth-order valence-electron chi connectivity index (χ4n) is 3.78. The Morgan fingerprint density at radius 1 is 1.17 bits per heavy atom. The molecule has 0 radical (unpaired) electrons. The fraction of sp³-hybridized carbons (Fsp3) is 0.333. The number of benzene rings is 2. The number of nitrogens with zero attached hydrogens (tertiary/aromatic N) is 3. The van der Waals surface area contributed by atoms with Crippen LogP contribution in [-0.2, 0) is 0 Å². The van der Waals surface area contributed by atoms with Gasteiger partial charge in [0, 0.05) is 5.56 Å². The number of hydrogen-bond donors (Lipinski definition) is 1. The molecule has 7 nitrogen and oxygen atoms in total. The van der Waals surface area contributed by atoms with Gasteiger partial charge in [0.25, 0.3) is 0 Å². The van der Waals surface area contributed by atoms with Gasteiger partial charge in [0.15, 0.2) is 11.5 Å². The summed E-state index contributed by atoms with van der Waals surface area (Å²) in [4.78, 5) is 4.39. The molecule has 0 aliphatic carbocycles. The number of para-hydroxylation sites is 1. The Bertz CT molecular complexity index is 1010. The van der Waals surface area contributed by atoms with Crippen molar-refractivity contribution in [3.05, 3.63) is 58.9 Å². The third-order valence-corrected chi connectivity index (χ3v) is 5.38. The Morgan fingerprint density at radius 3 is 2.76 bits per heavy atom. The largest absolute Gasteiger partial charge is 0.493 e. The van der Waals surface area contributed by atoms with Crippen molar-refractivity contribution in [1.29, 1.82) is 0 Å². The van der Waals surface area contributed by atoms with Crippen molar-refractivity contribution in [3.8, 4) is 17.2 Å². The van der Waals surface area contributed by atoms with Crippen LogP contribution in [0.25, 0.3) is 0 Å². The lowest BCUT2D eigenvalue weighted by Gasteiger charge is -2.32. The molecule has 0 unspecified atom stereocenters. The first-order valence-corrected chi connectivity index (χ1v) is 9.83. The van der Waals surface area contributed by atoms with Gasteiger partial charge in [0.05, 0.1) is 37.9 Å². The summed E-state index contributed by atoms with van der Waals surface area (Å²) in [5.74, 6) is 2.77. The molecular formula is C21H23ClN4O3. The molecule has 1 N–H and O–H groups in total. The van der Waals surface area contributed by atoms with Crippen molar-refractivity contribution in [1.82, 2.24) is 14.8 Å². The summed E-state index contributed by atoms with van der Waals surface area (Å²) in [6, 6.07) is 11.7. The zero-order chi connectivity index (χ0) is 20.4. The number of fused-ring (bicyclic) bond motifs is 1. The number of anilines is 1. The number of ether oxygens (including phenoxy) is 3. The highest BCUT2D eigenvalue weighted by Crippen LogP contribution is 2.44. The molecule has 2 atom stereocenters. The minimum Gasteiger partial charge on any atom is -0.493 e. The summed E-state index contributed by atoms with van der Waals surface area (Å²) in [5.41, 5.74) is 2.04. The maximum absolute atomic E-state index is 6.42. The maximum Gasteiger partial charge on any atom is 0.222 e. The van der Waals surface area contributed by atoms with Gasteiger partial charge < -0.3 is 19.5 Å². The monoisotopic (exact) mass is 414 g/mol. The molecule has 1 aliphatic rings. The lowest BCUT2D eigenvalue weighted by molar-refractivity contribution is 0.338. The highest BCUT2D eigenvalue weighted by molar-refractivity contribution is 6.32. The van der Waals surface area contributed by atoms with Gasteiger partial charge in [-0.2, -0.15) is 10.1 Å². The number of methoxy groups -OCH3 is 2. The van der Waals surface area contributed by atoms with E-state index in [0.29, 0.717) is 34.8 Å². The van der Waals surface area contributed by atoms with E-state index in [2.05, 4.69) is 15.4 Å². The van der Waals surface area contributed by atoms with Crippen LogP contribution in [-0.4, -0.2) is 35.6 Å². The number of rotatable bonds is 6. The van der Waals surface area contributed by atoms with Gasteiger partial charge >= 0.3 is 0 Å². The zero-order valence-corrected chi connectivity index (χ0v) is 17.3. The molecule has 0 fully saturated rings. The van der Waals surface area contributed by atoms with E-state index in [9.17, 15) is 0 Å². The summed E-state index contributed by atoms with van der Waals surface area (Å²) in [5, 5.41) is 8.48. The van der Waals surface area contributed by atoms with Crippen LogP contribution in [0.1, 0.15) is 36.6 Å². The molecule has 0 spiro atoms. The van der Waals surface area contributed by atoms with Gasteiger partial charge in [0.2, 0.25) is 5.95 Å². The average molecular weight is 415 g/mol. The molecule has 0 amide bonds. The Kier molecular flexibility index (Phi) is 5.49. The lowest BCUT2D eigenvalue weighted by atomic mass is 9.92. The first-order chi connectivity index (χ1) is 14.2. The number of nitrogens with one attached hydrogen (secondary N) is 1. The minimum absolute atomic E-state index is 0.000726. The average Bonchev–Trinajstić information content (AvgIpc) is 3.22. The van der Waals surface area contributed by atoms with E-state index in [0.717, 1.165) is 17.5 Å². The van der Waals surface area contributed by atoms with E-state index in [1.165, 1.54) is 0 Å². The third kappa shape index (κ3) is 3.58. The van der Waals surface area contributed by atoms with Crippen LogP contribution in [0.2, 0.25) is 5.02 Å². The fourth-order valence-corrected chi connectivity index (χ4v) is 4.02. The van der Waals surface area contributed by atoms with Crippen molar-refractivity contribution in [2.24, 2.45) is 0 Å². The van der Waals surface area contributed by atoms with Crippen LogP contribution in [0, 0.1) is 0 Å². The summed E-state index contributed by atoms with van der Waals surface area (Å²) < 4.78 is 18.6. The molecule has 2 heterocycles. The molecule has 3 aromatic rings. The maximum atomic E-state index is 6.42. The third-order valence-electron chi connectivity index (χ3n) is 5.08. The van der Waals surface area contributed by atoms with Crippen molar-refractivity contribution in [3.63, 3.8) is 0 Å². The molecule has 8 heteroatoms. The number of hydrogen-bond acceptors (Lipinski definition) is 6. The van der Waals surface area contributed by atoms with Crippen molar-refractivity contribution < 1.29 is 14.2 Å². The lowest BCUT2D eigenvalue weighted by Crippen LogP contribution is -2.28. The van der Waals surface area contributed by atoms with Crippen LogP contribution in [0.5, 0.6) is 17.2 Å². The Morgan fingerprint density at radius 2 is 2.03 bits per heavy atom. The first kappa shape index (κ1) is 19.4. The van der Waals surface area contributed by atoms with Crippen LogP contribution in [0.3, 0.4) is 0 Å². The predicted octanol–water partition coefficient (Wildman–Crippen LogP) is 4.49. The smallest absolute Gasteiger partial charge is 0.222 e. The summed E-state index contributed by atoms with van der Waals surface area (Å²) in [7, 11) is 3.28. The van der Waals surface area contributed by atoms with E-state index >= 15 is 0 Å². The summed E-state index contributed by atoms with van der Waals surface area (Å²) >= 11 is 6.42. The minimum atomic E-state index is -0.0749. The summed E-state index contributed by atoms with van der Waals surface area (Å²) in [6.07, 6.45) is 2.29. The van der Waals surface area contributed by atoms with E-state index in [-0.39, 0.29) is 12.1 Å². The molecule has 0 bridgehead atoms. The van der Waals surface area contributed by atoms with Gasteiger partial charge in [-0.05, 0) is 37.1 Å². The summed E-state index contributed by atoms with van der Waals surface area (Å²) in [6.45, 7) is 2.51. The van der Waals surface area contributed by atoms with Gasteiger partial charge in [-0.15, -0.1) is 0 Å². The van der Waals surface area contributed by atoms with Gasteiger partial charge in [-0.3, -0.25) is 0 Å². The van der Waals surface area contributed by atoms with Gasteiger partial charge in [-0.25, -0.2) is 4.68 Å². The highest BCUT2D eigenvalue weighted by atomic mass is 35.5. The molecule has 1 aromatic heterocycles. The predicted molar refractivity (Wildman–Crippen MR) is 111 cm³/mol. The number of halogens is 1. The first-order valence-electron chi connectivity index (χ1n) is 9.45. The zero-order valence-electron chi connectivity index (χ0n) is 16.6. The van der Waals surface area contributed by atoms with E-state index in [1.54, 1.807) is 20.5 Å².